The van der Waals surface area contributed by atoms with Crippen LogP contribution in [0, 0.1) is 12.8 Å². The van der Waals surface area contributed by atoms with Crippen LogP contribution in [0.4, 0.5) is 5.69 Å². The predicted octanol–water partition coefficient (Wildman–Crippen LogP) is 3.19. The van der Waals surface area contributed by atoms with E-state index in [4.69, 9.17) is 0 Å². The maximum absolute atomic E-state index is 3.60. The zero-order chi connectivity index (χ0) is 12.1. The van der Waals surface area contributed by atoms with E-state index in [0.717, 1.165) is 18.5 Å². The van der Waals surface area contributed by atoms with E-state index in [2.05, 4.69) is 48.9 Å². The van der Waals surface area contributed by atoms with Crippen molar-refractivity contribution in [3.8, 4) is 0 Å². The molecule has 0 aliphatic heterocycles. The molecule has 1 aromatic carbocycles. The van der Waals surface area contributed by atoms with Crippen molar-refractivity contribution >= 4 is 5.69 Å². The molecular weight excluding hydrogens is 208 g/mol. The average Bonchev–Trinajstić information content (AvgIpc) is 2.38. The molecule has 1 saturated carbocycles. The van der Waals surface area contributed by atoms with Crippen LogP contribution in [0.5, 0.6) is 0 Å². The van der Waals surface area contributed by atoms with Gasteiger partial charge >= 0.3 is 0 Å². The molecule has 0 aromatic heterocycles. The molecule has 1 aliphatic carbocycles. The van der Waals surface area contributed by atoms with Crippen molar-refractivity contribution in [2.75, 3.05) is 18.9 Å². The minimum Gasteiger partial charge on any atom is -0.385 e. The second-order valence-corrected chi connectivity index (χ2v) is 5.21. The van der Waals surface area contributed by atoms with Crippen LogP contribution in [0.3, 0.4) is 0 Å². The molecule has 0 amide bonds. The zero-order valence-electron chi connectivity index (χ0n) is 11.0. The summed E-state index contributed by atoms with van der Waals surface area (Å²) in [5, 5.41) is 7.02. The van der Waals surface area contributed by atoms with Gasteiger partial charge in [-0.25, -0.2) is 0 Å². The molecule has 0 bridgehead atoms. The van der Waals surface area contributed by atoms with E-state index in [1.54, 1.807) is 0 Å². The van der Waals surface area contributed by atoms with Crippen molar-refractivity contribution in [2.24, 2.45) is 5.92 Å². The van der Waals surface area contributed by atoms with Crippen LogP contribution in [-0.4, -0.2) is 19.6 Å². The number of anilines is 1. The topological polar surface area (TPSA) is 24.1 Å². The SMILES string of the molecule is CNC1CCCC(CNc2ccccc2C)C1. The van der Waals surface area contributed by atoms with Gasteiger partial charge in [0.05, 0.1) is 0 Å². The van der Waals surface area contributed by atoms with Crippen LogP contribution in [0.1, 0.15) is 31.2 Å². The van der Waals surface area contributed by atoms with Crippen LogP contribution < -0.4 is 10.6 Å². The van der Waals surface area contributed by atoms with Crippen molar-refractivity contribution < 1.29 is 0 Å². The summed E-state index contributed by atoms with van der Waals surface area (Å²) in [6, 6.07) is 9.27. The summed E-state index contributed by atoms with van der Waals surface area (Å²) in [7, 11) is 2.09. The van der Waals surface area contributed by atoms with Gasteiger partial charge in [0.25, 0.3) is 0 Å². The molecule has 0 spiro atoms. The maximum Gasteiger partial charge on any atom is 0.0369 e. The van der Waals surface area contributed by atoms with Crippen LogP contribution >= 0.6 is 0 Å². The zero-order valence-corrected chi connectivity index (χ0v) is 11.0. The van der Waals surface area contributed by atoms with Gasteiger partial charge in [-0.05, 0) is 50.8 Å². The lowest BCUT2D eigenvalue weighted by Crippen LogP contribution is -2.33. The van der Waals surface area contributed by atoms with Gasteiger partial charge in [0.1, 0.15) is 0 Å². The maximum atomic E-state index is 3.60. The van der Waals surface area contributed by atoms with E-state index < -0.39 is 0 Å². The highest BCUT2D eigenvalue weighted by Crippen LogP contribution is 2.25. The van der Waals surface area contributed by atoms with E-state index in [9.17, 15) is 0 Å². The minimum absolute atomic E-state index is 0.729. The van der Waals surface area contributed by atoms with Gasteiger partial charge < -0.3 is 10.6 Å². The van der Waals surface area contributed by atoms with E-state index in [1.807, 2.05) is 0 Å². The second-order valence-electron chi connectivity index (χ2n) is 5.21. The lowest BCUT2D eigenvalue weighted by atomic mass is 9.85. The lowest BCUT2D eigenvalue weighted by molar-refractivity contribution is 0.306. The number of hydrogen-bond donors (Lipinski definition) is 2. The summed E-state index contributed by atoms with van der Waals surface area (Å²) in [5.41, 5.74) is 2.63. The smallest absolute Gasteiger partial charge is 0.0369 e. The predicted molar refractivity (Wildman–Crippen MR) is 74.5 cm³/mol. The Hall–Kier alpha value is -1.02. The quantitative estimate of drug-likeness (QED) is 0.833. The minimum atomic E-state index is 0.729. The normalized spacial score (nSPS) is 24.6. The highest BCUT2D eigenvalue weighted by Gasteiger charge is 2.20. The van der Waals surface area contributed by atoms with Crippen molar-refractivity contribution in [3.63, 3.8) is 0 Å². The molecule has 2 rings (SSSR count). The molecule has 94 valence electrons. The molecule has 2 N–H and O–H groups in total. The highest BCUT2D eigenvalue weighted by molar-refractivity contribution is 5.50. The fraction of sp³-hybridized carbons (Fsp3) is 0.600. The Bertz CT molecular complexity index is 349. The van der Waals surface area contributed by atoms with Crippen LogP contribution in [-0.2, 0) is 0 Å². The van der Waals surface area contributed by atoms with Crippen molar-refractivity contribution in [1.29, 1.82) is 0 Å². The Balaban J connectivity index is 1.84. The van der Waals surface area contributed by atoms with Gasteiger partial charge in [-0.1, -0.05) is 24.6 Å². The second kappa shape index (κ2) is 6.06. The largest absolute Gasteiger partial charge is 0.385 e. The number of hydrogen-bond acceptors (Lipinski definition) is 2. The van der Waals surface area contributed by atoms with Crippen LogP contribution in [0.25, 0.3) is 0 Å². The Morgan fingerprint density at radius 3 is 2.82 bits per heavy atom. The number of para-hydroxylation sites is 1. The Labute approximate surface area is 105 Å². The number of nitrogens with one attached hydrogen (secondary N) is 2. The van der Waals surface area contributed by atoms with E-state index in [0.29, 0.717) is 0 Å². The lowest BCUT2D eigenvalue weighted by Gasteiger charge is -2.29. The van der Waals surface area contributed by atoms with Gasteiger partial charge in [0, 0.05) is 18.3 Å². The van der Waals surface area contributed by atoms with Crippen molar-refractivity contribution in [3.05, 3.63) is 29.8 Å². The van der Waals surface area contributed by atoms with Crippen molar-refractivity contribution in [1.82, 2.24) is 5.32 Å². The van der Waals surface area contributed by atoms with E-state index in [1.165, 1.54) is 36.9 Å². The monoisotopic (exact) mass is 232 g/mol. The fourth-order valence-corrected chi connectivity index (χ4v) is 2.76. The third-order valence-electron chi connectivity index (χ3n) is 3.92. The molecule has 1 fully saturated rings. The first-order valence-electron chi connectivity index (χ1n) is 6.76. The summed E-state index contributed by atoms with van der Waals surface area (Å²) in [6.45, 7) is 3.28. The molecule has 2 heteroatoms. The number of aryl methyl sites for hydroxylation is 1. The standard InChI is InChI=1S/C15H24N2/c1-12-6-3-4-9-15(12)17-11-13-7-5-8-14(10-13)16-2/h3-4,6,9,13-14,16-17H,5,7-8,10-11H2,1-2H3. The Morgan fingerprint density at radius 1 is 1.24 bits per heavy atom. The first-order valence-corrected chi connectivity index (χ1v) is 6.76. The van der Waals surface area contributed by atoms with Gasteiger partial charge in [-0.15, -0.1) is 0 Å². The summed E-state index contributed by atoms with van der Waals surface area (Å²) in [6.07, 6.45) is 5.40. The Kier molecular flexibility index (Phi) is 4.43. The van der Waals surface area contributed by atoms with Crippen LogP contribution in [0.2, 0.25) is 0 Å². The van der Waals surface area contributed by atoms with Gasteiger partial charge in [-0.3, -0.25) is 0 Å². The number of rotatable bonds is 4. The van der Waals surface area contributed by atoms with Gasteiger partial charge in [0.15, 0.2) is 0 Å². The summed E-state index contributed by atoms with van der Waals surface area (Å²) in [5.74, 6) is 0.820. The molecule has 2 unspecified atom stereocenters. The first kappa shape index (κ1) is 12.4. The Morgan fingerprint density at radius 2 is 2.06 bits per heavy atom. The highest BCUT2D eigenvalue weighted by atomic mass is 14.9. The van der Waals surface area contributed by atoms with E-state index >= 15 is 0 Å². The first-order chi connectivity index (χ1) is 8.29. The summed E-state index contributed by atoms with van der Waals surface area (Å²) in [4.78, 5) is 0. The van der Waals surface area contributed by atoms with Crippen LogP contribution in [0.15, 0.2) is 24.3 Å². The molecule has 1 aliphatic rings. The third-order valence-corrected chi connectivity index (χ3v) is 3.92. The molecule has 0 heterocycles. The molecule has 0 radical (unpaired) electrons. The molecule has 2 atom stereocenters. The molecule has 0 saturated heterocycles. The number of benzene rings is 1. The average molecular weight is 232 g/mol. The van der Waals surface area contributed by atoms with Crippen molar-refractivity contribution in [2.45, 2.75) is 38.6 Å². The molecular formula is C15H24N2. The fourth-order valence-electron chi connectivity index (χ4n) is 2.76. The van der Waals surface area contributed by atoms with Gasteiger partial charge in [-0.2, -0.15) is 0 Å². The summed E-state index contributed by atoms with van der Waals surface area (Å²) >= 11 is 0. The summed E-state index contributed by atoms with van der Waals surface area (Å²) < 4.78 is 0. The third kappa shape index (κ3) is 3.47. The van der Waals surface area contributed by atoms with Gasteiger partial charge in [0.2, 0.25) is 0 Å². The van der Waals surface area contributed by atoms with E-state index in [-0.39, 0.29) is 0 Å². The molecule has 17 heavy (non-hydrogen) atoms. The molecule has 2 nitrogen and oxygen atoms in total. The molecule has 1 aromatic rings.